The second kappa shape index (κ2) is 11.7. The number of carboxylic acid groups (broad SMARTS) is 1. The molecule has 1 atom stereocenters. The third kappa shape index (κ3) is 5.97. The van der Waals surface area contributed by atoms with E-state index in [-0.39, 0.29) is 0 Å². The van der Waals surface area contributed by atoms with Crippen LogP contribution < -0.4 is 10.1 Å². The van der Waals surface area contributed by atoms with Gasteiger partial charge < -0.3 is 15.2 Å². The lowest BCUT2D eigenvalue weighted by atomic mass is 9.92. The molecule has 1 saturated carbocycles. The molecular formula is C31H36N2O3. The maximum atomic E-state index is 11.3. The molecule has 1 aliphatic heterocycles. The van der Waals surface area contributed by atoms with Crippen LogP contribution in [0, 0.1) is 0 Å². The van der Waals surface area contributed by atoms with Crippen molar-refractivity contribution in [3.8, 4) is 5.75 Å². The van der Waals surface area contributed by atoms with Gasteiger partial charge >= 0.3 is 5.97 Å². The van der Waals surface area contributed by atoms with Gasteiger partial charge in [-0.05, 0) is 60.5 Å². The molecule has 2 aliphatic rings. The summed E-state index contributed by atoms with van der Waals surface area (Å²) in [5.41, 5.74) is 2.52. The molecule has 2 fully saturated rings. The average molecular weight is 485 g/mol. The molecule has 3 aromatic rings. The third-order valence-electron chi connectivity index (χ3n) is 7.62. The first-order chi connectivity index (χ1) is 17.7. The highest BCUT2D eigenvalue weighted by Crippen LogP contribution is 2.29. The Kier molecular flexibility index (Phi) is 7.99. The van der Waals surface area contributed by atoms with E-state index in [0.29, 0.717) is 24.3 Å². The molecule has 1 saturated heterocycles. The summed E-state index contributed by atoms with van der Waals surface area (Å²) in [5, 5.41) is 15.1. The normalized spacial score (nSPS) is 19.1. The van der Waals surface area contributed by atoms with E-state index in [1.165, 1.54) is 49.5 Å². The quantitative estimate of drug-likeness (QED) is 0.390. The summed E-state index contributed by atoms with van der Waals surface area (Å²) >= 11 is 0. The maximum Gasteiger partial charge on any atom is 0.335 e. The Morgan fingerprint density at radius 2 is 1.72 bits per heavy atom. The number of hydrogen-bond donors (Lipinski definition) is 2. The van der Waals surface area contributed by atoms with Gasteiger partial charge in [0.1, 0.15) is 12.4 Å². The van der Waals surface area contributed by atoms with Crippen molar-refractivity contribution in [2.24, 2.45) is 0 Å². The Labute approximate surface area is 213 Å². The summed E-state index contributed by atoms with van der Waals surface area (Å²) in [7, 11) is 0. The minimum atomic E-state index is -0.901. The van der Waals surface area contributed by atoms with Gasteiger partial charge in [-0.2, -0.15) is 0 Å². The highest BCUT2D eigenvalue weighted by molar-refractivity contribution is 5.88. The van der Waals surface area contributed by atoms with Crippen LogP contribution in [-0.4, -0.2) is 54.3 Å². The van der Waals surface area contributed by atoms with Crippen LogP contribution in [0.4, 0.5) is 0 Å². The topological polar surface area (TPSA) is 61.8 Å². The molecule has 5 heteroatoms. The predicted octanol–water partition coefficient (Wildman–Crippen LogP) is 6.00. The van der Waals surface area contributed by atoms with Crippen LogP contribution in [-0.2, 0) is 0 Å². The summed E-state index contributed by atoms with van der Waals surface area (Å²) < 4.78 is 6.46. The Bertz CT molecular complexity index is 1190. The highest BCUT2D eigenvalue weighted by atomic mass is 16.5. The first kappa shape index (κ1) is 24.5. The van der Waals surface area contributed by atoms with Crippen LogP contribution in [0.15, 0.2) is 72.3 Å². The Morgan fingerprint density at radius 3 is 2.47 bits per heavy atom. The van der Waals surface area contributed by atoms with Crippen molar-refractivity contribution in [3.05, 3.63) is 83.4 Å². The second-order valence-corrected chi connectivity index (χ2v) is 10.1. The molecule has 1 unspecified atom stereocenters. The minimum absolute atomic E-state index is 0.307. The standard InChI is InChI=1S/C31H36N2O3/c34-31(35)26-15-13-23(14-16-26)19-24(22-36-30-12-6-8-25-7-4-5-11-29(25)30)21-33(28-17-18-32-20-28)27-9-2-1-3-10-27/h4-8,11-16,19,27-28,32H,1-3,9-10,17-18,20-22H2,(H,34,35). The van der Waals surface area contributed by atoms with Gasteiger partial charge in [-0.1, -0.05) is 73.9 Å². The third-order valence-corrected chi connectivity index (χ3v) is 7.62. The Morgan fingerprint density at radius 1 is 0.944 bits per heavy atom. The molecule has 0 spiro atoms. The summed E-state index contributed by atoms with van der Waals surface area (Å²) in [6.45, 7) is 3.48. The average Bonchev–Trinajstić information content (AvgIpc) is 3.45. The molecule has 2 N–H and O–H groups in total. The molecule has 1 heterocycles. The summed E-state index contributed by atoms with van der Waals surface area (Å²) in [6, 6.07) is 22.8. The summed E-state index contributed by atoms with van der Waals surface area (Å²) in [6.07, 6.45) is 9.86. The largest absolute Gasteiger partial charge is 0.489 e. The van der Waals surface area contributed by atoms with Crippen molar-refractivity contribution in [3.63, 3.8) is 0 Å². The Hall–Kier alpha value is -3.15. The lowest BCUT2D eigenvalue weighted by Crippen LogP contribution is -2.46. The molecule has 5 rings (SSSR count). The molecule has 36 heavy (non-hydrogen) atoms. The van der Waals surface area contributed by atoms with Crippen molar-refractivity contribution >= 4 is 22.8 Å². The van der Waals surface area contributed by atoms with Crippen LogP contribution in [0.25, 0.3) is 16.8 Å². The number of nitrogens with one attached hydrogen (secondary N) is 1. The number of aromatic carboxylic acids is 1. The lowest BCUT2D eigenvalue weighted by Gasteiger charge is -2.39. The van der Waals surface area contributed by atoms with Gasteiger partial charge in [0, 0.05) is 30.6 Å². The number of carboxylic acids is 1. The van der Waals surface area contributed by atoms with E-state index in [1.54, 1.807) is 12.1 Å². The van der Waals surface area contributed by atoms with Gasteiger partial charge in [0.15, 0.2) is 0 Å². The van der Waals surface area contributed by atoms with Gasteiger partial charge in [0.05, 0.1) is 5.56 Å². The van der Waals surface area contributed by atoms with Crippen LogP contribution >= 0.6 is 0 Å². The maximum absolute atomic E-state index is 11.3. The number of ether oxygens (including phenoxy) is 1. The van der Waals surface area contributed by atoms with E-state index < -0.39 is 5.97 Å². The van der Waals surface area contributed by atoms with E-state index in [0.717, 1.165) is 36.3 Å². The number of hydrogen-bond acceptors (Lipinski definition) is 4. The van der Waals surface area contributed by atoms with Gasteiger partial charge in [0.2, 0.25) is 0 Å². The minimum Gasteiger partial charge on any atom is -0.489 e. The molecule has 0 bridgehead atoms. The van der Waals surface area contributed by atoms with E-state index >= 15 is 0 Å². The number of nitrogens with zero attached hydrogens (tertiary/aromatic N) is 1. The van der Waals surface area contributed by atoms with E-state index in [2.05, 4.69) is 40.6 Å². The number of benzene rings is 3. The SMILES string of the molecule is O=C(O)c1ccc(C=C(COc2cccc3ccccc23)CN(C2CCCCC2)C2CCNC2)cc1. The van der Waals surface area contributed by atoms with Crippen LogP contribution in [0.3, 0.4) is 0 Å². The van der Waals surface area contributed by atoms with E-state index in [9.17, 15) is 9.90 Å². The Balaban J connectivity index is 1.42. The molecule has 1 aliphatic carbocycles. The van der Waals surface area contributed by atoms with E-state index in [4.69, 9.17) is 4.74 Å². The smallest absolute Gasteiger partial charge is 0.335 e. The molecule has 5 nitrogen and oxygen atoms in total. The fourth-order valence-corrected chi connectivity index (χ4v) is 5.71. The van der Waals surface area contributed by atoms with Gasteiger partial charge in [-0.25, -0.2) is 4.79 Å². The molecule has 188 valence electrons. The zero-order chi connectivity index (χ0) is 24.7. The van der Waals surface area contributed by atoms with Crippen molar-refractivity contribution in [1.29, 1.82) is 0 Å². The van der Waals surface area contributed by atoms with Gasteiger partial charge in [-0.15, -0.1) is 0 Å². The zero-order valence-electron chi connectivity index (χ0n) is 20.9. The van der Waals surface area contributed by atoms with Crippen LogP contribution in [0.5, 0.6) is 5.75 Å². The fraction of sp³-hybridized carbons (Fsp3) is 0.387. The van der Waals surface area contributed by atoms with Crippen molar-refractivity contribution in [1.82, 2.24) is 10.2 Å². The van der Waals surface area contributed by atoms with Crippen molar-refractivity contribution in [2.45, 2.75) is 50.6 Å². The molecule has 0 radical (unpaired) electrons. The number of carbonyl (C=O) groups is 1. The zero-order valence-corrected chi connectivity index (χ0v) is 20.9. The monoisotopic (exact) mass is 484 g/mol. The van der Waals surface area contributed by atoms with Gasteiger partial charge in [-0.3, -0.25) is 4.90 Å². The van der Waals surface area contributed by atoms with E-state index in [1.807, 2.05) is 30.3 Å². The molecule has 0 amide bonds. The van der Waals surface area contributed by atoms with Crippen LogP contribution in [0.1, 0.15) is 54.4 Å². The number of rotatable bonds is 9. The summed E-state index contributed by atoms with van der Waals surface area (Å²) in [5.74, 6) is -0.00535. The van der Waals surface area contributed by atoms with Crippen molar-refractivity contribution < 1.29 is 14.6 Å². The fourth-order valence-electron chi connectivity index (χ4n) is 5.71. The first-order valence-electron chi connectivity index (χ1n) is 13.3. The predicted molar refractivity (Wildman–Crippen MR) is 146 cm³/mol. The molecule has 0 aromatic heterocycles. The highest BCUT2D eigenvalue weighted by Gasteiger charge is 2.30. The first-order valence-corrected chi connectivity index (χ1v) is 13.3. The lowest BCUT2D eigenvalue weighted by molar-refractivity contribution is 0.0697. The summed E-state index contributed by atoms with van der Waals surface area (Å²) in [4.78, 5) is 14.0. The molecule has 3 aromatic carbocycles. The van der Waals surface area contributed by atoms with Crippen LogP contribution in [0.2, 0.25) is 0 Å². The second-order valence-electron chi connectivity index (χ2n) is 10.1. The molecular weight excluding hydrogens is 448 g/mol. The van der Waals surface area contributed by atoms with Gasteiger partial charge in [0.25, 0.3) is 0 Å². The number of fused-ring (bicyclic) bond motifs is 1. The van der Waals surface area contributed by atoms with Crippen molar-refractivity contribution in [2.75, 3.05) is 26.2 Å².